The number of aromatic hydroxyl groups is 1. The summed E-state index contributed by atoms with van der Waals surface area (Å²) in [4.78, 5) is 54.2. The number of phenolic OH excluding ortho intramolecular Hbond substituents is 1. The lowest BCUT2D eigenvalue weighted by molar-refractivity contribution is -0.142. The summed E-state index contributed by atoms with van der Waals surface area (Å²) in [5, 5.41) is 26.7. The number of benzene rings is 1. The van der Waals surface area contributed by atoms with Crippen LogP contribution in [0.5, 0.6) is 5.75 Å². The van der Waals surface area contributed by atoms with Crippen molar-refractivity contribution in [3.05, 3.63) is 29.8 Å². The minimum Gasteiger partial charge on any atom is -0.508 e. The first-order valence-electron chi connectivity index (χ1n) is 12.2. The Morgan fingerprint density at radius 1 is 0.974 bits per heavy atom. The zero-order valence-electron chi connectivity index (χ0n) is 21.6. The highest BCUT2D eigenvalue weighted by Crippen LogP contribution is 2.12. The number of hydrogen-bond acceptors (Lipinski definition) is 8. The second kappa shape index (κ2) is 16.3. The molecule has 0 heterocycles. The lowest BCUT2D eigenvalue weighted by Gasteiger charge is -2.25. The molecule has 0 aliphatic rings. The molecule has 3 amide bonds. The van der Waals surface area contributed by atoms with Gasteiger partial charge >= 0.3 is 5.97 Å². The van der Waals surface area contributed by atoms with E-state index in [1.807, 2.05) is 13.8 Å². The van der Waals surface area contributed by atoms with E-state index in [0.717, 1.165) is 0 Å². The van der Waals surface area contributed by atoms with Crippen molar-refractivity contribution in [1.29, 1.82) is 0 Å². The number of guanidine groups is 1. The molecule has 0 aliphatic carbocycles. The number of nitrogens with one attached hydrogen (secondary N) is 3. The molecule has 1 aromatic rings. The maximum atomic E-state index is 13.1. The Hall–Kier alpha value is -3.52. The Bertz CT molecular complexity index is 972. The maximum absolute atomic E-state index is 13.1. The fourth-order valence-corrected chi connectivity index (χ4v) is 3.62. The number of carboxylic acids is 1. The van der Waals surface area contributed by atoms with Crippen LogP contribution in [0.25, 0.3) is 0 Å². The predicted molar refractivity (Wildman–Crippen MR) is 146 cm³/mol. The summed E-state index contributed by atoms with van der Waals surface area (Å²) < 4.78 is 0. The van der Waals surface area contributed by atoms with Crippen LogP contribution in [0.4, 0.5) is 0 Å². The van der Waals surface area contributed by atoms with Gasteiger partial charge in [-0.3, -0.25) is 19.4 Å². The molecule has 0 bridgehead atoms. The van der Waals surface area contributed by atoms with Crippen LogP contribution in [0, 0.1) is 5.92 Å². The molecule has 0 aromatic heterocycles. The van der Waals surface area contributed by atoms with E-state index < -0.39 is 47.9 Å². The van der Waals surface area contributed by atoms with Crippen LogP contribution < -0.4 is 33.2 Å². The summed E-state index contributed by atoms with van der Waals surface area (Å²) in [6, 6.07) is 1.51. The molecule has 11 N–H and O–H groups in total. The lowest BCUT2D eigenvalue weighted by atomic mass is 9.99. The minimum atomic E-state index is -1.31. The van der Waals surface area contributed by atoms with Gasteiger partial charge in [0.2, 0.25) is 17.7 Å². The number of aliphatic carboxylic acids is 1. The van der Waals surface area contributed by atoms with Crippen LogP contribution >= 0.6 is 12.6 Å². The quantitative estimate of drug-likeness (QED) is 0.0518. The molecule has 5 atom stereocenters. The highest BCUT2D eigenvalue weighted by Gasteiger charge is 2.30. The monoisotopic (exact) mass is 553 g/mol. The zero-order valence-corrected chi connectivity index (χ0v) is 22.5. The van der Waals surface area contributed by atoms with Gasteiger partial charge in [-0.05, 0) is 36.5 Å². The SMILES string of the molecule is CCC(C)C(N)C(=O)NC(CS)C(=O)NC(CCCN=C(N)N)C(=O)NC(Cc1ccc(O)cc1)C(=O)O. The van der Waals surface area contributed by atoms with E-state index in [1.54, 1.807) is 0 Å². The summed E-state index contributed by atoms with van der Waals surface area (Å²) >= 11 is 4.14. The summed E-state index contributed by atoms with van der Waals surface area (Å²) in [6.45, 7) is 3.88. The first kappa shape index (κ1) is 32.5. The van der Waals surface area contributed by atoms with Crippen molar-refractivity contribution in [1.82, 2.24) is 16.0 Å². The van der Waals surface area contributed by atoms with Gasteiger partial charge in [0.1, 0.15) is 23.9 Å². The van der Waals surface area contributed by atoms with Crippen molar-refractivity contribution in [2.24, 2.45) is 28.1 Å². The number of carboxylic acid groups (broad SMARTS) is 1. The van der Waals surface area contributed by atoms with Crippen molar-refractivity contribution in [3.63, 3.8) is 0 Å². The smallest absolute Gasteiger partial charge is 0.326 e. The van der Waals surface area contributed by atoms with Gasteiger partial charge in [0.25, 0.3) is 0 Å². The normalized spacial score (nSPS) is 14.7. The van der Waals surface area contributed by atoms with Gasteiger partial charge in [-0.25, -0.2) is 4.79 Å². The highest BCUT2D eigenvalue weighted by molar-refractivity contribution is 7.80. The first-order chi connectivity index (χ1) is 17.9. The maximum Gasteiger partial charge on any atom is 0.326 e. The van der Waals surface area contributed by atoms with Crippen LogP contribution in [-0.4, -0.2) is 76.3 Å². The molecule has 0 fully saturated rings. The predicted octanol–water partition coefficient (Wildman–Crippen LogP) is -1.17. The molecule has 212 valence electrons. The Morgan fingerprint density at radius 3 is 2.05 bits per heavy atom. The van der Waals surface area contributed by atoms with E-state index in [4.69, 9.17) is 17.2 Å². The molecule has 1 rings (SSSR count). The van der Waals surface area contributed by atoms with Crippen molar-refractivity contribution < 1.29 is 29.4 Å². The number of rotatable bonds is 16. The lowest BCUT2D eigenvalue weighted by Crippen LogP contribution is -2.58. The second-order valence-electron chi connectivity index (χ2n) is 8.94. The van der Waals surface area contributed by atoms with E-state index in [1.165, 1.54) is 24.3 Å². The molecule has 0 saturated heterocycles. The molecule has 1 aromatic carbocycles. The Kier molecular flexibility index (Phi) is 14.0. The standard InChI is InChI=1S/C24H39N7O6S/c1-3-13(2)19(25)22(35)31-18(12-38)21(34)29-16(5-4-10-28-24(26)27)20(33)30-17(23(36)37)11-14-6-8-15(32)9-7-14/h6-9,13,16-19,32,38H,3-5,10-12,25H2,1-2H3,(H,29,34)(H,30,33)(H,31,35)(H,36,37)(H4,26,27,28). The molecule has 13 nitrogen and oxygen atoms in total. The van der Waals surface area contributed by atoms with E-state index >= 15 is 0 Å². The van der Waals surface area contributed by atoms with E-state index in [9.17, 15) is 29.4 Å². The summed E-state index contributed by atoms with van der Waals surface area (Å²) in [6.07, 6.45) is 0.986. The van der Waals surface area contributed by atoms with Crippen LogP contribution in [0.2, 0.25) is 0 Å². The molecule has 0 aliphatic heterocycles. The third kappa shape index (κ3) is 11.3. The summed E-state index contributed by atoms with van der Waals surface area (Å²) in [5.41, 5.74) is 17.2. The molecule has 14 heteroatoms. The Labute approximate surface area is 227 Å². The zero-order chi connectivity index (χ0) is 28.8. The number of phenols is 1. The molecule has 0 saturated carbocycles. The van der Waals surface area contributed by atoms with Gasteiger partial charge in [0.05, 0.1) is 6.04 Å². The van der Waals surface area contributed by atoms with Gasteiger partial charge in [0.15, 0.2) is 5.96 Å². The number of carbonyl (C=O) groups excluding carboxylic acids is 3. The fraction of sp³-hybridized carbons (Fsp3) is 0.542. The largest absolute Gasteiger partial charge is 0.508 e. The molecular weight excluding hydrogens is 514 g/mol. The molecular formula is C24H39N7O6S. The van der Waals surface area contributed by atoms with Gasteiger partial charge < -0.3 is 43.4 Å². The Balaban J connectivity index is 3.00. The molecule has 0 spiro atoms. The van der Waals surface area contributed by atoms with Crippen molar-refractivity contribution >= 4 is 42.3 Å². The topological polar surface area (TPSA) is 235 Å². The number of aliphatic imine (C=N–C) groups is 1. The van der Waals surface area contributed by atoms with Crippen LogP contribution in [0.3, 0.4) is 0 Å². The van der Waals surface area contributed by atoms with Crippen molar-refractivity contribution in [2.75, 3.05) is 12.3 Å². The number of nitrogens with two attached hydrogens (primary N) is 3. The number of hydrogen-bond donors (Lipinski definition) is 9. The van der Waals surface area contributed by atoms with Gasteiger partial charge in [-0.15, -0.1) is 0 Å². The van der Waals surface area contributed by atoms with Gasteiger partial charge in [-0.1, -0.05) is 32.4 Å². The fourth-order valence-electron chi connectivity index (χ4n) is 3.36. The number of amides is 3. The number of nitrogens with zero attached hydrogens (tertiary/aromatic N) is 1. The van der Waals surface area contributed by atoms with Crippen molar-refractivity contribution in [3.8, 4) is 5.75 Å². The van der Waals surface area contributed by atoms with Crippen LogP contribution in [0.15, 0.2) is 29.3 Å². The molecule has 0 radical (unpaired) electrons. The summed E-state index contributed by atoms with van der Waals surface area (Å²) in [7, 11) is 0. The minimum absolute atomic E-state index is 0.0177. The summed E-state index contributed by atoms with van der Waals surface area (Å²) in [5.74, 6) is -3.53. The van der Waals surface area contributed by atoms with Crippen LogP contribution in [0.1, 0.15) is 38.7 Å². The third-order valence-corrected chi connectivity index (χ3v) is 6.31. The van der Waals surface area contributed by atoms with Crippen molar-refractivity contribution in [2.45, 2.75) is 63.7 Å². The highest BCUT2D eigenvalue weighted by atomic mass is 32.1. The average molecular weight is 554 g/mol. The van der Waals surface area contributed by atoms with Gasteiger partial charge in [0, 0.05) is 18.7 Å². The molecule has 5 unspecified atom stereocenters. The van der Waals surface area contributed by atoms with Crippen LogP contribution in [-0.2, 0) is 25.6 Å². The third-order valence-electron chi connectivity index (χ3n) is 5.94. The molecule has 38 heavy (non-hydrogen) atoms. The number of thiol groups is 1. The van der Waals surface area contributed by atoms with Gasteiger partial charge in [-0.2, -0.15) is 12.6 Å². The average Bonchev–Trinajstić information content (AvgIpc) is 2.88. The Morgan fingerprint density at radius 2 is 1.53 bits per heavy atom. The van der Waals surface area contributed by atoms with E-state index in [-0.39, 0.29) is 42.8 Å². The van der Waals surface area contributed by atoms with E-state index in [0.29, 0.717) is 18.4 Å². The second-order valence-corrected chi connectivity index (χ2v) is 9.30. The first-order valence-corrected chi connectivity index (χ1v) is 12.9. The number of carbonyl (C=O) groups is 4. The van der Waals surface area contributed by atoms with E-state index in [2.05, 4.69) is 33.6 Å².